The summed E-state index contributed by atoms with van der Waals surface area (Å²) in [7, 11) is 0. The van der Waals surface area contributed by atoms with Crippen molar-refractivity contribution in [1.82, 2.24) is 14.8 Å². The number of para-hydroxylation sites is 1. The standard InChI is InChI=1S/C19H15N3/c1-2-6-15(7-3-1)18-11-13-22(21-18)14-17-9-4-8-16-10-5-12-20-19(16)17/h1-13H,14H2. The van der Waals surface area contributed by atoms with Gasteiger partial charge in [-0.1, -0.05) is 54.6 Å². The Morgan fingerprint density at radius 1 is 0.818 bits per heavy atom. The van der Waals surface area contributed by atoms with Crippen LogP contribution in [0.1, 0.15) is 5.56 Å². The van der Waals surface area contributed by atoms with Gasteiger partial charge in [-0.3, -0.25) is 9.67 Å². The Balaban J connectivity index is 1.68. The predicted molar refractivity (Wildman–Crippen MR) is 88.5 cm³/mol. The van der Waals surface area contributed by atoms with Crippen LogP contribution < -0.4 is 0 Å². The van der Waals surface area contributed by atoms with Crippen LogP contribution in [0.4, 0.5) is 0 Å². The summed E-state index contributed by atoms with van der Waals surface area (Å²) >= 11 is 0. The summed E-state index contributed by atoms with van der Waals surface area (Å²) in [4.78, 5) is 4.50. The molecule has 2 heterocycles. The molecular weight excluding hydrogens is 270 g/mol. The Hall–Kier alpha value is -2.94. The Morgan fingerprint density at radius 2 is 1.68 bits per heavy atom. The number of aromatic nitrogens is 3. The molecule has 0 spiro atoms. The summed E-state index contributed by atoms with van der Waals surface area (Å²) in [6.45, 7) is 0.723. The van der Waals surface area contributed by atoms with E-state index in [0.717, 1.165) is 28.7 Å². The molecule has 0 saturated heterocycles. The number of pyridine rings is 1. The van der Waals surface area contributed by atoms with E-state index < -0.39 is 0 Å². The number of hydrogen-bond acceptors (Lipinski definition) is 2. The maximum absolute atomic E-state index is 4.67. The molecule has 0 fully saturated rings. The lowest BCUT2D eigenvalue weighted by Gasteiger charge is -2.06. The van der Waals surface area contributed by atoms with E-state index >= 15 is 0 Å². The highest BCUT2D eigenvalue weighted by Crippen LogP contribution is 2.19. The van der Waals surface area contributed by atoms with E-state index in [1.165, 1.54) is 5.56 Å². The van der Waals surface area contributed by atoms with Gasteiger partial charge >= 0.3 is 0 Å². The molecule has 3 nitrogen and oxygen atoms in total. The Labute approximate surface area is 128 Å². The molecule has 0 aliphatic carbocycles. The van der Waals surface area contributed by atoms with Crippen molar-refractivity contribution in [2.24, 2.45) is 0 Å². The van der Waals surface area contributed by atoms with Gasteiger partial charge in [0.25, 0.3) is 0 Å². The third-order valence-corrected chi connectivity index (χ3v) is 3.76. The molecule has 0 amide bonds. The first-order valence-corrected chi connectivity index (χ1v) is 7.32. The maximum atomic E-state index is 4.67. The molecule has 0 atom stereocenters. The van der Waals surface area contributed by atoms with Gasteiger partial charge in [0.15, 0.2) is 0 Å². The first-order valence-electron chi connectivity index (χ1n) is 7.32. The number of rotatable bonds is 3. The summed E-state index contributed by atoms with van der Waals surface area (Å²) in [5, 5.41) is 5.83. The van der Waals surface area contributed by atoms with Crippen molar-refractivity contribution in [3.63, 3.8) is 0 Å². The normalized spacial score (nSPS) is 10.9. The third kappa shape index (κ3) is 2.37. The molecule has 0 aliphatic heterocycles. The molecule has 3 heteroatoms. The van der Waals surface area contributed by atoms with E-state index in [-0.39, 0.29) is 0 Å². The summed E-state index contributed by atoms with van der Waals surface area (Å²) in [6.07, 6.45) is 3.86. The summed E-state index contributed by atoms with van der Waals surface area (Å²) in [6, 6.07) is 22.6. The quantitative estimate of drug-likeness (QED) is 0.566. The van der Waals surface area contributed by atoms with Gasteiger partial charge in [0.2, 0.25) is 0 Å². The molecule has 106 valence electrons. The Bertz CT molecular complexity index is 905. The van der Waals surface area contributed by atoms with E-state index in [9.17, 15) is 0 Å². The second-order valence-corrected chi connectivity index (χ2v) is 5.26. The minimum absolute atomic E-state index is 0.723. The number of benzene rings is 2. The molecule has 0 bridgehead atoms. The van der Waals surface area contributed by atoms with Crippen LogP contribution in [-0.4, -0.2) is 14.8 Å². The minimum atomic E-state index is 0.723. The lowest BCUT2D eigenvalue weighted by molar-refractivity contribution is 0.692. The molecule has 0 saturated carbocycles. The Morgan fingerprint density at radius 3 is 2.59 bits per heavy atom. The largest absolute Gasteiger partial charge is 0.268 e. The summed E-state index contributed by atoms with van der Waals surface area (Å²) < 4.78 is 1.96. The van der Waals surface area contributed by atoms with E-state index in [4.69, 9.17) is 0 Å². The number of hydrogen-bond donors (Lipinski definition) is 0. The van der Waals surface area contributed by atoms with E-state index in [1.54, 1.807) is 0 Å². The lowest BCUT2D eigenvalue weighted by Crippen LogP contribution is -2.01. The minimum Gasteiger partial charge on any atom is -0.268 e. The van der Waals surface area contributed by atoms with E-state index in [1.807, 2.05) is 47.4 Å². The molecular formula is C19H15N3. The first-order chi connectivity index (χ1) is 10.9. The average Bonchev–Trinajstić information content (AvgIpc) is 3.05. The third-order valence-electron chi connectivity index (χ3n) is 3.76. The summed E-state index contributed by atoms with van der Waals surface area (Å²) in [5.74, 6) is 0. The van der Waals surface area contributed by atoms with Crippen LogP contribution in [0.3, 0.4) is 0 Å². The smallest absolute Gasteiger partial charge is 0.0923 e. The van der Waals surface area contributed by atoms with Gasteiger partial charge < -0.3 is 0 Å². The second kappa shape index (κ2) is 5.45. The average molecular weight is 285 g/mol. The topological polar surface area (TPSA) is 30.7 Å². The van der Waals surface area contributed by atoms with Crippen LogP contribution in [0.5, 0.6) is 0 Å². The molecule has 22 heavy (non-hydrogen) atoms. The second-order valence-electron chi connectivity index (χ2n) is 5.26. The first kappa shape index (κ1) is 12.8. The highest BCUT2D eigenvalue weighted by atomic mass is 15.3. The SMILES string of the molecule is c1ccc(-c2ccn(Cc3cccc4cccnc34)n2)cc1. The van der Waals surface area contributed by atoms with Gasteiger partial charge in [-0.05, 0) is 17.7 Å². The predicted octanol–water partition coefficient (Wildman–Crippen LogP) is 4.15. The van der Waals surface area contributed by atoms with Crippen LogP contribution in [0.25, 0.3) is 22.2 Å². The van der Waals surface area contributed by atoms with E-state index in [2.05, 4.69) is 46.5 Å². The molecule has 2 aromatic carbocycles. The van der Waals surface area contributed by atoms with Crippen molar-refractivity contribution in [3.8, 4) is 11.3 Å². The van der Waals surface area contributed by atoms with Crippen molar-refractivity contribution in [1.29, 1.82) is 0 Å². The molecule has 4 rings (SSSR count). The lowest BCUT2D eigenvalue weighted by atomic mass is 10.1. The number of nitrogens with zero attached hydrogens (tertiary/aromatic N) is 3. The van der Waals surface area contributed by atoms with Gasteiger partial charge in [0, 0.05) is 23.3 Å². The zero-order valence-corrected chi connectivity index (χ0v) is 12.1. The molecule has 4 aromatic rings. The fourth-order valence-corrected chi connectivity index (χ4v) is 2.68. The summed E-state index contributed by atoms with van der Waals surface area (Å²) in [5.41, 5.74) is 4.36. The van der Waals surface area contributed by atoms with Crippen LogP contribution in [0.2, 0.25) is 0 Å². The highest BCUT2D eigenvalue weighted by molar-refractivity contribution is 5.81. The van der Waals surface area contributed by atoms with Gasteiger partial charge in [0.05, 0.1) is 17.8 Å². The van der Waals surface area contributed by atoms with Crippen LogP contribution in [0, 0.1) is 0 Å². The highest BCUT2D eigenvalue weighted by Gasteiger charge is 2.05. The van der Waals surface area contributed by atoms with Crippen molar-refractivity contribution in [2.75, 3.05) is 0 Å². The van der Waals surface area contributed by atoms with Gasteiger partial charge in [0.1, 0.15) is 0 Å². The molecule has 2 aromatic heterocycles. The van der Waals surface area contributed by atoms with Crippen molar-refractivity contribution in [3.05, 3.63) is 84.7 Å². The van der Waals surface area contributed by atoms with Crippen molar-refractivity contribution < 1.29 is 0 Å². The van der Waals surface area contributed by atoms with Crippen LogP contribution >= 0.6 is 0 Å². The van der Waals surface area contributed by atoms with Gasteiger partial charge in [-0.15, -0.1) is 0 Å². The molecule has 0 radical (unpaired) electrons. The molecule has 0 aliphatic rings. The number of fused-ring (bicyclic) bond motifs is 1. The van der Waals surface area contributed by atoms with Crippen molar-refractivity contribution in [2.45, 2.75) is 6.54 Å². The zero-order chi connectivity index (χ0) is 14.8. The van der Waals surface area contributed by atoms with Crippen LogP contribution in [0.15, 0.2) is 79.1 Å². The fourth-order valence-electron chi connectivity index (χ4n) is 2.68. The van der Waals surface area contributed by atoms with Crippen LogP contribution in [-0.2, 0) is 6.54 Å². The fraction of sp³-hybridized carbons (Fsp3) is 0.0526. The molecule has 0 unspecified atom stereocenters. The van der Waals surface area contributed by atoms with Crippen molar-refractivity contribution >= 4 is 10.9 Å². The monoisotopic (exact) mass is 285 g/mol. The maximum Gasteiger partial charge on any atom is 0.0923 e. The van der Waals surface area contributed by atoms with E-state index in [0.29, 0.717) is 0 Å². The zero-order valence-electron chi connectivity index (χ0n) is 12.1. The Kier molecular flexibility index (Phi) is 3.16. The van der Waals surface area contributed by atoms with Gasteiger partial charge in [-0.25, -0.2) is 0 Å². The molecule has 0 N–H and O–H groups in total. The van der Waals surface area contributed by atoms with Gasteiger partial charge in [-0.2, -0.15) is 5.10 Å².